The van der Waals surface area contributed by atoms with Gasteiger partial charge in [0.15, 0.2) is 11.5 Å². The lowest BCUT2D eigenvalue weighted by molar-refractivity contribution is -0.111. The molecule has 2 rings (SSSR count). The number of ether oxygens (including phenoxy) is 4. The summed E-state index contributed by atoms with van der Waals surface area (Å²) in [5, 5.41) is 3.19. The third kappa shape index (κ3) is 6.32. The highest BCUT2D eigenvalue weighted by molar-refractivity contribution is 6.32. The van der Waals surface area contributed by atoms with Gasteiger partial charge in [0.25, 0.3) is 0 Å². The molecular weight excluding hydrogens is 394 g/mol. The minimum atomic E-state index is -0.327. The Labute approximate surface area is 176 Å². The largest absolute Gasteiger partial charge is 0.497 e. The second-order valence-corrected chi connectivity index (χ2v) is 7.03. The molecule has 7 heteroatoms. The maximum atomic E-state index is 12.4. The Balaban J connectivity index is 2.17. The first kappa shape index (κ1) is 22.4. The summed E-state index contributed by atoms with van der Waals surface area (Å²) in [6.07, 6.45) is 3.04. The summed E-state index contributed by atoms with van der Waals surface area (Å²) in [4.78, 5) is 12.4. The molecule has 0 unspecified atom stereocenters. The Morgan fingerprint density at radius 2 is 1.79 bits per heavy atom. The fourth-order valence-electron chi connectivity index (χ4n) is 2.48. The van der Waals surface area contributed by atoms with Crippen LogP contribution in [0.4, 0.5) is 5.69 Å². The minimum Gasteiger partial charge on any atom is -0.497 e. The van der Waals surface area contributed by atoms with Crippen molar-refractivity contribution < 1.29 is 23.7 Å². The smallest absolute Gasteiger partial charge is 0.248 e. The monoisotopic (exact) mass is 419 g/mol. The van der Waals surface area contributed by atoms with Gasteiger partial charge >= 0.3 is 0 Å². The van der Waals surface area contributed by atoms with Crippen molar-refractivity contribution in [1.82, 2.24) is 0 Å². The van der Waals surface area contributed by atoms with Crippen LogP contribution in [0.1, 0.15) is 19.4 Å². The maximum Gasteiger partial charge on any atom is 0.248 e. The van der Waals surface area contributed by atoms with Gasteiger partial charge in [-0.2, -0.15) is 0 Å². The molecule has 0 atom stereocenters. The molecule has 156 valence electrons. The molecule has 0 aromatic heterocycles. The molecule has 2 aromatic rings. The van der Waals surface area contributed by atoms with Crippen LogP contribution in [0.2, 0.25) is 5.02 Å². The first-order chi connectivity index (χ1) is 13.9. The van der Waals surface area contributed by atoms with E-state index in [4.69, 9.17) is 30.5 Å². The zero-order valence-corrected chi connectivity index (χ0v) is 18.0. The molecule has 0 aliphatic heterocycles. The van der Waals surface area contributed by atoms with E-state index in [9.17, 15) is 4.79 Å². The number of amides is 1. The quantitative estimate of drug-likeness (QED) is 0.576. The van der Waals surface area contributed by atoms with Crippen LogP contribution in [0, 0.1) is 5.92 Å². The van der Waals surface area contributed by atoms with Gasteiger partial charge in [0.05, 0.1) is 38.6 Å². The van der Waals surface area contributed by atoms with Gasteiger partial charge in [0.1, 0.15) is 11.5 Å². The zero-order chi connectivity index (χ0) is 21.4. The predicted octanol–water partition coefficient (Wildman–Crippen LogP) is 5.05. The van der Waals surface area contributed by atoms with Crippen molar-refractivity contribution in [2.45, 2.75) is 13.8 Å². The van der Waals surface area contributed by atoms with Gasteiger partial charge in [-0.1, -0.05) is 25.4 Å². The summed E-state index contributed by atoms with van der Waals surface area (Å²) >= 11 is 6.34. The number of carbonyl (C=O) groups is 1. The average molecular weight is 420 g/mol. The fraction of sp³-hybridized carbons (Fsp3) is 0.318. The number of hydrogen-bond donors (Lipinski definition) is 1. The zero-order valence-electron chi connectivity index (χ0n) is 17.2. The van der Waals surface area contributed by atoms with E-state index < -0.39 is 0 Å². The van der Waals surface area contributed by atoms with Gasteiger partial charge in [-0.25, -0.2) is 0 Å². The maximum absolute atomic E-state index is 12.4. The fourth-order valence-corrected chi connectivity index (χ4v) is 2.76. The van der Waals surface area contributed by atoms with E-state index >= 15 is 0 Å². The highest BCUT2D eigenvalue weighted by atomic mass is 35.5. The van der Waals surface area contributed by atoms with E-state index in [1.807, 2.05) is 13.8 Å². The van der Waals surface area contributed by atoms with Crippen LogP contribution >= 0.6 is 11.6 Å². The topological polar surface area (TPSA) is 66.0 Å². The molecule has 0 bridgehead atoms. The lowest BCUT2D eigenvalue weighted by Gasteiger charge is -2.14. The molecule has 2 aromatic carbocycles. The molecule has 0 aliphatic rings. The summed E-state index contributed by atoms with van der Waals surface area (Å²) < 4.78 is 21.6. The standard InChI is InChI=1S/C22H26ClNO5/c1-14(2)13-29-22-17(23)10-15(11-20(22)28-5)6-9-21(25)24-18-12-16(26-3)7-8-19(18)27-4/h6-12,14H,13H2,1-5H3,(H,24,25)/b9-6+. The van der Waals surface area contributed by atoms with Crippen molar-refractivity contribution in [1.29, 1.82) is 0 Å². The van der Waals surface area contributed by atoms with Crippen molar-refractivity contribution >= 4 is 29.3 Å². The number of nitrogens with one attached hydrogen (secondary N) is 1. The molecule has 0 aliphatic carbocycles. The van der Waals surface area contributed by atoms with E-state index in [1.54, 1.807) is 50.6 Å². The Bertz CT molecular complexity index is 880. The molecule has 1 amide bonds. The van der Waals surface area contributed by atoms with E-state index in [1.165, 1.54) is 13.2 Å². The lowest BCUT2D eigenvalue weighted by Crippen LogP contribution is -2.09. The van der Waals surface area contributed by atoms with Crippen LogP contribution < -0.4 is 24.3 Å². The van der Waals surface area contributed by atoms with Crippen molar-refractivity contribution in [2.24, 2.45) is 5.92 Å². The highest BCUT2D eigenvalue weighted by Crippen LogP contribution is 2.37. The van der Waals surface area contributed by atoms with E-state index in [0.29, 0.717) is 51.8 Å². The molecule has 29 heavy (non-hydrogen) atoms. The summed E-state index contributed by atoms with van der Waals surface area (Å²) in [5.41, 5.74) is 1.21. The van der Waals surface area contributed by atoms with Crippen molar-refractivity contribution in [3.8, 4) is 23.0 Å². The molecule has 6 nitrogen and oxygen atoms in total. The molecule has 0 radical (unpaired) electrons. The van der Waals surface area contributed by atoms with Crippen LogP contribution in [0.3, 0.4) is 0 Å². The number of hydrogen-bond acceptors (Lipinski definition) is 5. The summed E-state index contributed by atoms with van der Waals surface area (Å²) in [6.45, 7) is 4.62. The molecule has 0 spiro atoms. The third-order valence-electron chi connectivity index (χ3n) is 3.90. The van der Waals surface area contributed by atoms with Gasteiger partial charge in [0, 0.05) is 12.1 Å². The Morgan fingerprint density at radius 3 is 2.41 bits per heavy atom. The van der Waals surface area contributed by atoms with Crippen molar-refractivity contribution in [2.75, 3.05) is 33.3 Å². The second kappa shape index (κ2) is 10.6. The van der Waals surface area contributed by atoms with Crippen LogP contribution in [-0.4, -0.2) is 33.8 Å². The third-order valence-corrected chi connectivity index (χ3v) is 4.19. The molecule has 1 N–H and O–H groups in total. The van der Waals surface area contributed by atoms with Crippen LogP contribution in [0.15, 0.2) is 36.4 Å². The Hall–Kier alpha value is -2.86. The van der Waals surface area contributed by atoms with E-state index in [-0.39, 0.29) is 5.91 Å². The van der Waals surface area contributed by atoms with Crippen molar-refractivity contribution in [3.63, 3.8) is 0 Å². The van der Waals surface area contributed by atoms with E-state index in [2.05, 4.69) is 5.32 Å². The molecule has 0 saturated heterocycles. The van der Waals surface area contributed by atoms with E-state index in [0.717, 1.165) is 0 Å². The molecule has 0 saturated carbocycles. The number of halogens is 1. The van der Waals surface area contributed by atoms with Gasteiger partial charge < -0.3 is 24.3 Å². The number of benzene rings is 2. The number of rotatable bonds is 9. The minimum absolute atomic E-state index is 0.327. The predicted molar refractivity (Wildman–Crippen MR) is 116 cm³/mol. The lowest BCUT2D eigenvalue weighted by atomic mass is 10.1. The Morgan fingerprint density at radius 1 is 1.07 bits per heavy atom. The number of anilines is 1. The SMILES string of the molecule is COc1ccc(OC)c(NC(=O)/C=C/c2cc(Cl)c(OCC(C)C)c(OC)c2)c1. The second-order valence-electron chi connectivity index (χ2n) is 6.63. The average Bonchev–Trinajstić information content (AvgIpc) is 2.70. The molecule has 0 heterocycles. The normalized spacial score (nSPS) is 10.9. The van der Waals surface area contributed by atoms with Crippen molar-refractivity contribution in [3.05, 3.63) is 47.0 Å². The Kier molecular flexibility index (Phi) is 8.21. The molecule has 0 fully saturated rings. The van der Waals surface area contributed by atoms with Gasteiger partial charge in [0.2, 0.25) is 5.91 Å². The van der Waals surface area contributed by atoms with Gasteiger partial charge in [-0.05, 0) is 41.8 Å². The highest BCUT2D eigenvalue weighted by Gasteiger charge is 2.12. The summed E-state index contributed by atoms with van der Waals surface area (Å²) in [5.74, 6) is 2.17. The van der Waals surface area contributed by atoms with Gasteiger partial charge in [-0.15, -0.1) is 0 Å². The van der Waals surface area contributed by atoms with Crippen LogP contribution in [0.5, 0.6) is 23.0 Å². The van der Waals surface area contributed by atoms with Crippen LogP contribution in [-0.2, 0) is 4.79 Å². The molecular formula is C22H26ClNO5. The first-order valence-corrected chi connectivity index (χ1v) is 9.47. The number of carbonyl (C=O) groups excluding carboxylic acids is 1. The van der Waals surface area contributed by atoms with Gasteiger partial charge in [-0.3, -0.25) is 4.79 Å². The first-order valence-electron chi connectivity index (χ1n) is 9.09. The summed E-state index contributed by atoms with van der Waals surface area (Å²) in [7, 11) is 4.63. The summed E-state index contributed by atoms with van der Waals surface area (Å²) in [6, 6.07) is 8.64. The van der Waals surface area contributed by atoms with Crippen LogP contribution in [0.25, 0.3) is 6.08 Å². The number of methoxy groups -OCH3 is 3.